The monoisotopic (exact) mass is 343 g/mol. The molecule has 0 aromatic carbocycles. The van der Waals surface area contributed by atoms with Crippen molar-refractivity contribution in [1.82, 2.24) is 10.3 Å². The van der Waals surface area contributed by atoms with E-state index in [2.05, 4.69) is 27.8 Å². The van der Waals surface area contributed by atoms with Crippen LogP contribution in [0.25, 0.3) is 10.6 Å². The van der Waals surface area contributed by atoms with Crippen LogP contribution in [0.1, 0.15) is 22.7 Å². The number of hydrogen-bond acceptors (Lipinski definition) is 5. The van der Waals surface area contributed by atoms with Crippen molar-refractivity contribution in [3.05, 3.63) is 27.4 Å². The van der Waals surface area contributed by atoms with Gasteiger partial charge in [-0.05, 0) is 38.3 Å². The fraction of sp³-hybridized carbons (Fsp3) is 0.429. The lowest BCUT2D eigenvalue weighted by Gasteiger charge is -2.08. The molecule has 1 saturated carbocycles. The summed E-state index contributed by atoms with van der Waals surface area (Å²) in [6.07, 6.45) is 2.46. The van der Waals surface area contributed by atoms with Crippen LogP contribution in [0.5, 0.6) is 0 Å². The molecule has 2 aromatic heterocycles. The molecular weight excluding hydrogens is 326 g/mol. The van der Waals surface area contributed by atoms with Crippen molar-refractivity contribution >= 4 is 41.0 Å². The predicted molar refractivity (Wildman–Crippen MR) is 90.3 cm³/mol. The maximum atomic E-state index is 11.7. The van der Waals surface area contributed by atoms with Gasteiger partial charge in [-0.2, -0.15) is 0 Å². The molecule has 0 atom stereocenters. The lowest BCUT2D eigenvalue weighted by molar-refractivity contribution is -0.123. The first-order chi connectivity index (χ1) is 9.57. The highest BCUT2D eigenvalue weighted by Gasteiger charge is 2.45. The van der Waals surface area contributed by atoms with Crippen LogP contribution >= 0.6 is 35.1 Å². The molecule has 0 spiro atoms. The highest BCUT2D eigenvalue weighted by Crippen LogP contribution is 2.32. The molecule has 4 nitrogen and oxygen atoms in total. The third kappa shape index (κ3) is 3.83. The Hall–Kier alpha value is -0.950. The molecule has 0 aliphatic heterocycles. The summed E-state index contributed by atoms with van der Waals surface area (Å²) in [4.78, 5) is 18.6. The number of hydrogen-bond donors (Lipinski definition) is 2. The van der Waals surface area contributed by atoms with E-state index in [-0.39, 0.29) is 18.3 Å². The fourth-order valence-corrected chi connectivity index (χ4v) is 3.62. The van der Waals surface area contributed by atoms with Crippen molar-refractivity contribution < 1.29 is 4.79 Å². The van der Waals surface area contributed by atoms with Gasteiger partial charge in [0.15, 0.2) is 0 Å². The molecule has 0 bridgehead atoms. The normalized spacial score (nSPS) is 15.3. The van der Waals surface area contributed by atoms with E-state index in [9.17, 15) is 4.79 Å². The molecule has 21 heavy (non-hydrogen) atoms. The Morgan fingerprint density at radius 2 is 2.24 bits per heavy atom. The second kappa shape index (κ2) is 6.44. The molecule has 1 amide bonds. The van der Waals surface area contributed by atoms with Crippen molar-refractivity contribution in [2.45, 2.75) is 31.7 Å². The molecule has 1 aliphatic rings. The first-order valence-corrected chi connectivity index (χ1v) is 8.35. The number of halogens is 1. The second-order valence-electron chi connectivity index (χ2n) is 5.18. The van der Waals surface area contributed by atoms with Crippen LogP contribution < -0.4 is 11.1 Å². The molecular formula is C14H18ClN3OS2. The highest BCUT2D eigenvalue weighted by atomic mass is 35.5. The average molecular weight is 344 g/mol. The molecule has 3 N–H and O–H groups in total. The minimum absolute atomic E-state index is 0. The molecule has 0 unspecified atom stereocenters. The quantitative estimate of drug-likeness (QED) is 0.877. The summed E-state index contributed by atoms with van der Waals surface area (Å²) in [5, 5.41) is 6.08. The third-order valence-electron chi connectivity index (χ3n) is 3.43. The molecule has 0 radical (unpaired) electrons. The van der Waals surface area contributed by atoms with Gasteiger partial charge in [-0.25, -0.2) is 4.98 Å². The number of rotatable bonds is 5. The average Bonchev–Trinajstić information content (AvgIpc) is 2.85. The number of carbonyl (C=O) groups is 1. The van der Waals surface area contributed by atoms with Gasteiger partial charge in [-0.3, -0.25) is 4.79 Å². The smallest absolute Gasteiger partial charge is 0.240 e. The topological polar surface area (TPSA) is 68.0 Å². The number of amides is 1. The number of nitrogens with zero attached hydrogens (tertiary/aromatic N) is 1. The lowest BCUT2D eigenvalue weighted by atomic mass is 10.2. The minimum atomic E-state index is -0.571. The summed E-state index contributed by atoms with van der Waals surface area (Å²) < 4.78 is 0. The Balaban J connectivity index is 0.00000161. The van der Waals surface area contributed by atoms with E-state index >= 15 is 0 Å². The Morgan fingerprint density at radius 1 is 1.48 bits per heavy atom. The standard InChI is InChI=1S/C14H17N3OS2.ClH/c1-9-17-11(8-19-9)12-3-2-10(20-12)4-7-16-13(18)14(15)5-6-14;/h2-3,8H,4-7,15H2,1H3,(H,16,18);1H. The predicted octanol–water partition coefficient (Wildman–Crippen LogP) is 2.75. The van der Waals surface area contributed by atoms with E-state index in [1.807, 2.05) is 6.92 Å². The van der Waals surface area contributed by atoms with Crippen LogP contribution in [0.3, 0.4) is 0 Å². The zero-order valence-corrected chi connectivity index (χ0v) is 14.2. The van der Waals surface area contributed by atoms with Crippen molar-refractivity contribution in [2.75, 3.05) is 6.54 Å². The summed E-state index contributed by atoms with van der Waals surface area (Å²) in [5.41, 5.74) is 6.31. The van der Waals surface area contributed by atoms with Crippen molar-refractivity contribution in [1.29, 1.82) is 0 Å². The van der Waals surface area contributed by atoms with Gasteiger partial charge in [0.05, 0.1) is 21.1 Å². The number of nitrogens with two attached hydrogens (primary N) is 1. The van der Waals surface area contributed by atoms with Gasteiger partial charge in [-0.15, -0.1) is 35.1 Å². The van der Waals surface area contributed by atoms with Gasteiger partial charge >= 0.3 is 0 Å². The fourth-order valence-electron chi connectivity index (χ4n) is 1.96. The van der Waals surface area contributed by atoms with Crippen molar-refractivity contribution in [2.24, 2.45) is 5.73 Å². The number of aromatic nitrogens is 1. The van der Waals surface area contributed by atoms with Gasteiger partial charge in [0.25, 0.3) is 0 Å². The maximum Gasteiger partial charge on any atom is 0.240 e. The zero-order valence-electron chi connectivity index (χ0n) is 11.7. The summed E-state index contributed by atoms with van der Waals surface area (Å²) >= 11 is 3.40. The van der Waals surface area contributed by atoms with Crippen LogP contribution in [0.15, 0.2) is 17.5 Å². The van der Waals surface area contributed by atoms with Crippen LogP contribution in [0.2, 0.25) is 0 Å². The Kier molecular flexibility index (Phi) is 5.03. The number of nitrogens with one attached hydrogen (secondary N) is 1. The zero-order chi connectivity index (χ0) is 14.2. The summed E-state index contributed by atoms with van der Waals surface area (Å²) in [7, 11) is 0. The van der Waals surface area contributed by atoms with E-state index in [4.69, 9.17) is 5.73 Å². The van der Waals surface area contributed by atoms with Gasteiger partial charge < -0.3 is 11.1 Å². The highest BCUT2D eigenvalue weighted by molar-refractivity contribution is 7.16. The minimum Gasteiger partial charge on any atom is -0.354 e. The van der Waals surface area contributed by atoms with Crippen LogP contribution in [0.4, 0.5) is 0 Å². The molecule has 1 fully saturated rings. The number of thiazole rings is 1. The molecule has 2 heterocycles. The maximum absolute atomic E-state index is 11.7. The van der Waals surface area contributed by atoms with Crippen molar-refractivity contribution in [3.8, 4) is 10.6 Å². The summed E-state index contributed by atoms with van der Waals surface area (Å²) in [6, 6.07) is 4.21. The van der Waals surface area contributed by atoms with Gasteiger partial charge in [0.2, 0.25) is 5.91 Å². The summed E-state index contributed by atoms with van der Waals surface area (Å²) in [6.45, 7) is 2.66. The van der Waals surface area contributed by atoms with E-state index in [0.717, 1.165) is 30.0 Å². The molecule has 2 aromatic rings. The molecule has 0 saturated heterocycles. The first-order valence-electron chi connectivity index (χ1n) is 6.65. The van der Waals surface area contributed by atoms with Crippen LogP contribution in [-0.4, -0.2) is 23.0 Å². The van der Waals surface area contributed by atoms with Gasteiger partial charge in [-0.1, -0.05) is 0 Å². The Bertz CT molecular complexity index is 634. The Morgan fingerprint density at radius 3 is 2.86 bits per heavy atom. The van der Waals surface area contributed by atoms with E-state index in [0.29, 0.717) is 6.54 Å². The van der Waals surface area contributed by atoms with Gasteiger partial charge in [0.1, 0.15) is 0 Å². The third-order valence-corrected chi connectivity index (χ3v) is 5.37. The number of carbonyl (C=O) groups excluding carboxylic acids is 1. The van der Waals surface area contributed by atoms with E-state index in [1.54, 1.807) is 22.7 Å². The van der Waals surface area contributed by atoms with E-state index in [1.165, 1.54) is 9.75 Å². The number of thiophene rings is 1. The van der Waals surface area contributed by atoms with Crippen LogP contribution in [0, 0.1) is 6.92 Å². The molecule has 7 heteroatoms. The van der Waals surface area contributed by atoms with Crippen LogP contribution in [-0.2, 0) is 11.2 Å². The second-order valence-corrected chi connectivity index (χ2v) is 7.41. The lowest BCUT2D eigenvalue weighted by Crippen LogP contribution is -2.43. The first kappa shape index (κ1) is 16.4. The largest absolute Gasteiger partial charge is 0.354 e. The molecule has 114 valence electrons. The molecule has 1 aliphatic carbocycles. The van der Waals surface area contributed by atoms with Crippen molar-refractivity contribution in [3.63, 3.8) is 0 Å². The molecule has 3 rings (SSSR count). The van der Waals surface area contributed by atoms with E-state index < -0.39 is 5.54 Å². The SMILES string of the molecule is Cc1nc(-c2ccc(CCNC(=O)C3(N)CC3)s2)cs1.Cl. The summed E-state index contributed by atoms with van der Waals surface area (Å²) in [5.74, 6) is -0.00981. The van der Waals surface area contributed by atoms with Gasteiger partial charge in [0, 0.05) is 16.8 Å². The number of aryl methyl sites for hydroxylation is 1. The Labute approximate surface area is 138 Å².